The van der Waals surface area contributed by atoms with Crippen LogP contribution in [0.5, 0.6) is 0 Å². The van der Waals surface area contributed by atoms with Crippen molar-refractivity contribution in [3.05, 3.63) is 41.9 Å². The molecular formula is C24H26F3N7O. The molecule has 1 amide bonds. The fourth-order valence-corrected chi connectivity index (χ4v) is 4.18. The van der Waals surface area contributed by atoms with Crippen molar-refractivity contribution in [3.8, 4) is 11.1 Å². The number of carbonyl (C=O) groups excluding carboxylic acids is 1. The second-order valence-electron chi connectivity index (χ2n) is 8.30. The van der Waals surface area contributed by atoms with E-state index in [4.69, 9.17) is 11.5 Å². The number of halogens is 3. The van der Waals surface area contributed by atoms with E-state index in [1.54, 1.807) is 12.4 Å². The van der Waals surface area contributed by atoms with Gasteiger partial charge in [-0.3, -0.25) is 4.79 Å². The molecule has 1 aromatic carbocycles. The van der Waals surface area contributed by atoms with E-state index >= 15 is 0 Å². The van der Waals surface area contributed by atoms with Crippen molar-refractivity contribution in [1.29, 1.82) is 0 Å². The molecule has 3 aromatic heterocycles. The maximum atomic E-state index is 13.7. The lowest BCUT2D eigenvalue weighted by Gasteiger charge is -2.22. The number of benzene rings is 1. The van der Waals surface area contributed by atoms with E-state index in [2.05, 4.69) is 25.3 Å². The van der Waals surface area contributed by atoms with Crippen LogP contribution >= 0.6 is 0 Å². The average molecular weight is 486 g/mol. The second-order valence-corrected chi connectivity index (χ2v) is 8.30. The summed E-state index contributed by atoms with van der Waals surface area (Å²) in [5, 5.41) is 3.61. The normalized spacial score (nSPS) is 14.5. The van der Waals surface area contributed by atoms with E-state index in [9.17, 15) is 18.0 Å². The summed E-state index contributed by atoms with van der Waals surface area (Å²) < 4.78 is 41.1. The van der Waals surface area contributed by atoms with Gasteiger partial charge in [0.1, 0.15) is 11.9 Å². The Labute approximate surface area is 199 Å². The van der Waals surface area contributed by atoms with Crippen LogP contribution in [-0.4, -0.2) is 38.1 Å². The minimum Gasteiger partial charge on any atom is -0.368 e. The molecule has 184 valence electrons. The van der Waals surface area contributed by atoms with Gasteiger partial charge >= 0.3 is 6.18 Å². The number of hydrogen-bond acceptors (Lipinski definition) is 6. The van der Waals surface area contributed by atoms with E-state index < -0.39 is 24.0 Å². The van der Waals surface area contributed by atoms with Crippen molar-refractivity contribution in [2.24, 2.45) is 11.7 Å². The summed E-state index contributed by atoms with van der Waals surface area (Å²) in [5.74, 6) is -1.03. The number of pyridine rings is 1. The van der Waals surface area contributed by atoms with E-state index in [1.807, 2.05) is 32.9 Å². The number of amides is 1. The standard InChI is InChI=1S/C22H20F3N7O.C2H6/c1-9-4-13-15(5-12(9)11-6-29-21(27)30-7-11)31-17-14(19(26)33)8-28-20(16(13)17)32-18(10-2-3-10)22(23,24)25;1-2/h4-8,10,18,31H,2-3H2,1H3,(H2,26,33)(H,28,32)(H2,27,29,30);1-2H3. The van der Waals surface area contributed by atoms with Crippen LogP contribution in [-0.2, 0) is 0 Å². The number of carbonyl (C=O) groups is 1. The highest BCUT2D eigenvalue weighted by molar-refractivity contribution is 6.19. The van der Waals surface area contributed by atoms with E-state index in [-0.39, 0.29) is 17.3 Å². The van der Waals surface area contributed by atoms with Crippen LogP contribution in [0.15, 0.2) is 30.7 Å². The molecule has 0 saturated heterocycles. The molecule has 0 bridgehead atoms. The van der Waals surface area contributed by atoms with Gasteiger partial charge in [-0.2, -0.15) is 13.2 Å². The molecule has 8 nitrogen and oxygen atoms in total. The molecule has 0 aliphatic heterocycles. The molecule has 1 unspecified atom stereocenters. The number of H-pyrrole nitrogens is 1. The molecule has 1 atom stereocenters. The topological polar surface area (TPSA) is 136 Å². The molecule has 11 heteroatoms. The Morgan fingerprint density at radius 3 is 2.37 bits per heavy atom. The second kappa shape index (κ2) is 9.05. The van der Waals surface area contributed by atoms with Crippen molar-refractivity contribution in [2.75, 3.05) is 11.1 Å². The van der Waals surface area contributed by atoms with Crippen molar-refractivity contribution in [3.63, 3.8) is 0 Å². The largest absolute Gasteiger partial charge is 0.408 e. The first-order valence-electron chi connectivity index (χ1n) is 11.3. The van der Waals surface area contributed by atoms with Crippen LogP contribution in [0.2, 0.25) is 0 Å². The number of aromatic nitrogens is 4. The molecule has 0 spiro atoms. The highest BCUT2D eigenvalue weighted by Crippen LogP contribution is 2.43. The van der Waals surface area contributed by atoms with Gasteiger partial charge in [-0.15, -0.1) is 0 Å². The molecule has 0 radical (unpaired) electrons. The molecule has 35 heavy (non-hydrogen) atoms. The van der Waals surface area contributed by atoms with Crippen molar-refractivity contribution in [1.82, 2.24) is 19.9 Å². The number of anilines is 2. The number of aryl methyl sites for hydroxylation is 1. The van der Waals surface area contributed by atoms with E-state index in [1.165, 1.54) is 6.20 Å². The molecule has 6 N–H and O–H groups in total. The van der Waals surface area contributed by atoms with Gasteiger partial charge in [0, 0.05) is 35.1 Å². The monoisotopic (exact) mass is 485 g/mol. The Hall–Kier alpha value is -3.89. The van der Waals surface area contributed by atoms with E-state index in [0.717, 1.165) is 16.7 Å². The number of alkyl halides is 3. The number of nitrogens with two attached hydrogens (primary N) is 2. The molecule has 1 saturated carbocycles. The van der Waals surface area contributed by atoms with Gasteiger partial charge in [0.25, 0.3) is 5.91 Å². The zero-order valence-corrected chi connectivity index (χ0v) is 19.5. The molecule has 1 aliphatic carbocycles. The third-order valence-corrected chi connectivity index (χ3v) is 5.96. The Bertz CT molecular complexity index is 1390. The van der Waals surface area contributed by atoms with Crippen molar-refractivity contribution >= 4 is 39.5 Å². The number of primary amides is 1. The number of fused-ring (bicyclic) bond motifs is 3. The number of hydrogen-bond donors (Lipinski definition) is 4. The first-order valence-corrected chi connectivity index (χ1v) is 11.3. The minimum atomic E-state index is -4.43. The third kappa shape index (κ3) is 4.58. The fourth-order valence-electron chi connectivity index (χ4n) is 4.18. The molecule has 4 aromatic rings. The number of nitrogen functional groups attached to an aromatic ring is 1. The van der Waals surface area contributed by atoms with Gasteiger partial charge in [0.15, 0.2) is 0 Å². The molecule has 5 rings (SSSR count). The lowest BCUT2D eigenvalue weighted by molar-refractivity contribution is -0.146. The fraction of sp³-hybridized carbons (Fsp3) is 0.333. The van der Waals surface area contributed by atoms with Crippen LogP contribution in [0.1, 0.15) is 42.6 Å². The maximum Gasteiger partial charge on any atom is 0.408 e. The summed E-state index contributed by atoms with van der Waals surface area (Å²) >= 11 is 0. The number of nitrogens with one attached hydrogen (secondary N) is 2. The third-order valence-electron chi connectivity index (χ3n) is 5.96. The summed E-state index contributed by atoms with van der Waals surface area (Å²) in [5.41, 5.74) is 14.5. The highest BCUT2D eigenvalue weighted by atomic mass is 19.4. The zero-order valence-electron chi connectivity index (χ0n) is 19.5. The summed E-state index contributed by atoms with van der Waals surface area (Å²) in [6.45, 7) is 5.87. The van der Waals surface area contributed by atoms with Gasteiger partial charge in [-0.1, -0.05) is 13.8 Å². The summed E-state index contributed by atoms with van der Waals surface area (Å²) in [4.78, 5) is 27.4. The van der Waals surface area contributed by atoms with Crippen molar-refractivity contribution in [2.45, 2.75) is 45.8 Å². The molecule has 1 aliphatic rings. The predicted octanol–water partition coefficient (Wildman–Crippen LogP) is 4.94. The lowest BCUT2D eigenvalue weighted by atomic mass is 10.00. The van der Waals surface area contributed by atoms with Gasteiger partial charge in [-0.25, -0.2) is 15.0 Å². The Balaban J connectivity index is 0.00000141. The number of aromatic amines is 1. The van der Waals surface area contributed by atoms with Gasteiger partial charge in [-0.05, 0) is 48.9 Å². The quantitative estimate of drug-likeness (QED) is 0.316. The minimum absolute atomic E-state index is 0.0541. The van der Waals surface area contributed by atoms with Crippen LogP contribution < -0.4 is 16.8 Å². The van der Waals surface area contributed by atoms with Crippen LogP contribution in [0.25, 0.3) is 32.9 Å². The molecular weight excluding hydrogens is 459 g/mol. The van der Waals surface area contributed by atoms with Gasteiger partial charge in [0.2, 0.25) is 5.95 Å². The van der Waals surface area contributed by atoms with Crippen LogP contribution in [0.3, 0.4) is 0 Å². The average Bonchev–Trinajstić information content (AvgIpc) is 3.58. The SMILES string of the molecule is CC.Cc1cc2c(cc1-c1cnc(N)nc1)[nH]c1c(C(N)=O)cnc(NC(C3CC3)C(F)(F)F)c12. The van der Waals surface area contributed by atoms with Crippen molar-refractivity contribution < 1.29 is 18.0 Å². The predicted molar refractivity (Wildman–Crippen MR) is 130 cm³/mol. The maximum absolute atomic E-state index is 13.7. The summed E-state index contributed by atoms with van der Waals surface area (Å²) in [6, 6.07) is 1.94. The van der Waals surface area contributed by atoms with E-state index in [0.29, 0.717) is 34.6 Å². The number of nitrogens with zero attached hydrogens (tertiary/aromatic N) is 3. The number of rotatable bonds is 5. The first kappa shape index (κ1) is 24.2. The Morgan fingerprint density at radius 2 is 1.80 bits per heavy atom. The van der Waals surface area contributed by atoms with Crippen LogP contribution in [0.4, 0.5) is 24.9 Å². The highest BCUT2D eigenvalue weighted by Gasteiger charge is 2.49. The van der Waals surface area contributed by atoms with Crippen LogP contribution in [0, 0.1) is 12.8 Å². The zero-order chi connectivity index (χ0) is 25.5. The summed E-state index contributed by atoms with van der Waals surface area (Å²) in [6.07, 6.45) is 0.948. The molecule has 3 heterocycles. The molecule has 1 fully saturated rings. The lowest BCUT2D eigenvalue weighted by Crippen LogP contribution is -2.38. The van der Waals surface area contributed by atoms with Gasteiger partial charge in [0.05, 0.1) is 16.5 Å². The Kier molecular flexibility index (Phi) is 6.27. The van der Waals surface area contributed by atoms with Gasteiger partial charge < -0.3 is 21.8 Å². The smallest absolute Gasteiger partial charge is 0.368 e. The summed E-state index contributed by atoms with van der Waals surface area (Å²) in [7, 11) is 0. The first-order chi connectivity index (χ1) is 16.6. The Morgan fingerprint density at radius 1 is 1.14 bits per heavy atom.